The number of hydrogen-bond donors (Lipinski definition) is 3. The van der Waals surface area contributed by atoms with E-state index in [-0.39, 0.29) is 11.2 Å². The zero-order valence-electron chi connectivity index (χ0n) is 15.7. The van der Waals surface area contributed by atoms with Gasteiger partial charge in [0.25, 0.3) is 5.91 Å². The molecule has 0 aliphatic heterocycles. The molecule has 0 unspecified atom stereocenters. The van der Waals surface area contributed by atoms with Gasteiger partial charge in [-0.05, 0) is 37.0 Å². The number of furan rings is 1. The van der Waals surface area contributed by atoms with E-state index in [9.17, 15) is 9.59 Å². The molecule has 1 aromatic carbocycles. The Kier molecular flexibility index (Phi) is 5.41. The van der Waals surface area contributed by atoms with Crippen LogP contribution in [-0.2, 0) is 6.42 Å². The number of rotatable bonds is 3. The van der Waals surface area contributed by atoms with E-state index in [0.29, 0.717) is 45.6 Å². The van der Waals surface area contributed by atoms with E-state index in [0.717, 1.165) is 5.56 Å². The minimum atomic E-state index is -0.755. The number of nitrogens with two attached hydrogens (primary N) is 1. The molecule has 1 aliphatic rings. The van der Waals surface area contributed by atoms with E-state index < -0.39 is 11.9 Å². The van der Waals surface area contributed by atoms with Gasteiger partial charge in [0, 0.05) is 33.3 Å². The number of fused-ring (bicyclic) bond motifs is 1. The third-order valence-corrected chi connectivity index (χ3v) is 4.86. The van der Waals surface area contributed by atoms with Crippen LogP contribution in [0.3, 0.4) is 0 Å². The normalized spacial score (nSPS) is 16.5. The fraction of sp³-hybridized carbons (Fsp3) is 0.316. The molecular weight excluding hydrogens is 403 g/mol. The number of carbonyl (C=O) groups excluding carboxylic acids is 2. The lowest BCUT2D eigenvalue weighted by Crippen LogP contribution is -2.31. The SMILES string of the molecule is Cc1c(C(=O)Nc2cc(Cl)cc(Cl)c2)oc2c1/C(=N\NC(N)=O)CC(C)(C)C2. The van der Waals surface area contributed by atoms with E-state index in [2.05, 4.69) is 29.7 Å². The number of urea groups is 1. The molecule has 4 N–H and O–H groups in total. The van der Waals surface area contributed by atoms with Crippen molar-refractivity contribution < 1.29 is 14.0 Å². The average Bonchev–Trinajstić information content (AvgIpc) is 2.87. The fourth-order valence-corrected chi connectivity index (χ4v) is 3.89. The standard InChI is InChI=1S/C19H20Cl2N4O3/c1-9-15-13(24-25-18(22)27)7-19(2,3)8-14(15)28-16(9)17(26)23-12-5-10(20)4-11(21)6-12/h4-6H,7-8H2,1-3H3,(H,23,26)(H3,22,25,27)/b24-13-. The van der Waals surface area contributed by atoms with Gasteiger partial charge in [0.2, 0.25) is 0 Å². The Balaban J connectivity index is 1.97. The zero-order chi connectivity index (χ0) is 20.6. The topological polar surface area (TPSA) is 110 Å². The van der Waals surface area contributed by atoms with Crippen LogP contribution in [0.4, 0.5) is 10.5 Å². The number of primary amides is 1. The van der Waals surface area contributed by atoms with Crippen LogP contribution in [0.2, 0.25) is 10.0 Å². The summed E-state index contributed by atoms with van der Waals surface area (Å²) in [6, 6.07) is 4.01. The van der Waals surface area contributed by atoms with Crippen LogP contribution < -0.4 is 16.5 Å². The molecule has 0 radical (unpaired) electrons. The summed E-state index contributed by atoms with van der Waals surface area (Å²) >= 11 is 12.0. The third-order valence-electron chi connectivity index (χ3n) is 4.42. The molecule has 1 aromatic heterocycles. The lowest BCUT2D eigenvalue weighted by Gasteiger charge is -2.29. The van der Waals surface area contributed by atoms with Crippen molar-refractivity contribution >= 4 is 46.5 Å². The summed E-state index contributed by atoms with van der Waals surface area (Å²) in [4.78, 5) is 23.9. The lowest BCUT2D eigenvalue weighted by atomic mass is 9.75. The van der Waals surface area contributed by atoms with E-state index >= 15 is 0 Å². The molecule has 3 rings (SSSR count). The molecule has 0 saturated heterocycles. The number of amides is 3. The predicted octanol–water partition coefficient (Wildman–Crippen LogP) is 4.49. The minimum Gasteiger partial charge on any atom is -0.455 e. The Morgan fingerprint density at radius 1 is 1.18 bits per heavy atom. The highest BCUT2D eigenvalue weighted by atomic mass is 35.5. The summed E-state index contributed by atoms with van der Waals surface area (Å²) in [5.41, 5.74) is 9.70. The number of halogens is 2. The summed E-state index contributed by atoms with van der Waals surface area (Å²) in [5.74, 6) is 0.392. The maximum atomic E-state index is 12.8. The molecule has 0 fully saturated rings. The molecule has 28 heavy (non-hydrogen) atoms. The van der Waals surface area contributed by atoms with Crippen LogP contribution >= 0.6 is 23.2 Å². The van der Waals surface area contributed by atoms with Crippen molar-refractivity contribution in [1.29, 1.82) is 0 Å². The van der Waals surface area contributed by atoms with Crippen molar-refractivity contribution in [1.82, 2.24) is 5.43 Å². The van der Waals surface area contributed by atoms with E-state index in [1.54, 1.807) is 25.1 Å². The maximum absolute atomic E-state index is 12.8. The highest BCUT2D eigenvalue weighted by Crippen LogP contribution is 2.39. The van der Waals surface area contributed by atoms with Crippen LogP contribution in [0.15, 0.2) is 27.7 Å². The number of hydrogen-bond acceptors (Lipinski definition) is 4. The molecule has 9 heteroatoms. The third kappa shape index (κ3) is 4.31. The average molecular weight is 423 g/mol. The summed E-state index contributed by atoms with van der Waals surface area (Å²) in [7, 11) is 0. The second kappa shape index (κ2) is 7.48. The van der Waals surface area contributed by atoms with Crippen LogP contribution in [-0.4, -0.2) is 17.6 Å². The van der Waals surface area contributed by atoms with Crippen LogP contribution in [0, 0.1) is 12.3 Å². The van der Waals surface area contributed by atoms with Gasteiger partial charge in [-0.15, -0.1) is 0 Å². The summed E-state index contributed by atoms with van der Waals surface area (Å²) < 4.78 is 5.90. The second-order valence-electron chi connectivity index (χ2n) is 7.52. The first-order valence-corrected chi connectivity index (χ1v) is 9.33. The highest BCUT2D eigenvalue weighted by Gasteiger charge is 2.36. The van der Waals surface area contributed by atoms with E-state index in [1.165, 1.54) is 0 Å². The predicted molar refractivity (Wildman–Crippen MR) is 109 cm³/mol. The Labute approximate surface area is 172 Å². The molecule has 0 bridgehead atoms. The first-order valence-electron chi connectivity index (χ1n) is 8.58. The monoisotopic (exact) mass is 422 g/mol. The number of nitrogens with zero attached hydrogens (tertiary/aromatic N) is 1. The molecule has 0 spiro atoms. The van der Waals surface area contributed by atoms with Gasteiger partial charge in [-0.3, -0.25) is 4.79 Å². The fourth-order valence-electron chi connectivity index (χ4n) is 3.36. The zero-order valence-corrected chi connectivity index (χ0v) is 17.2. The Morgan fingerprint density at radius 2 is 1.82 bits per heavy atom. The van der Waals surface area contributed by atoms with Crippen molar-refractivity contribution in [2.75, 3.05) is 5.32 Å². The maximum Gasteiger partial charge on any atom is 0.332 e. The molecule has 148 valence electrons. The number of carbonyl (C=O) groups is 2. The minimum absolute atomic E-state index is 0.149. The van der Waals surface area contributed by atoms with Gasteiger partial charge in [0.15, 0.2) is 5.76 Å². The number of hydrazone groups is 1. The molecule has 1 heterocycles. The molecule has 0 atom stereocenters. The summed E-state index contributed by atoms with van der Waals surface area (Å²) in [5, 5.41) is 7.69. The van der Waals surface area contributed by atoms with Gasteiger partial charge in [-0.25, -0.2) is 10.2 Å². The number of anilines is 1. The number of benzene rings is 1. The smallest absolute Gasteiger partial charge is 0.332 e. The second-order valence-corrected chi connectivity index (χ2v) is 8.39. The molecule has 2 aromatic rings. The molecule has 7 nitrogen and oxygen atoms in total. The van der Waals surface area contributed by atoms with Crippen molar-refractivity contribution in [2.45, 2.75) is 33.6 Å². The largest absolute Gasteiger partial charge is 0.455 e. The summed E-state index contributed by atoms with van der Waals surface area (Å²) in [6.07, 6.45) is 1.24. The molecule has 3 amide bonds. The van der Waals surface area contributed by atoms with Crippen molar-refractivity contribution in [3.63, 3.8) is 0 Å². The molecular formula is C19H20Cl2N4O3. The van der Waals surface area contributed by atoms with Crippen LogP contribution in [0.1, 0.15) is 47.7 Å². The Bertz CT molecular complexity index is 975. The van der Waals surface area contributed by atoms with Gasteiger partial charge in [-0.2, -0.15) is 5.10 Å². The van der Waals surface area contributed by atoms with Gasteiger partial charge in [-0.1, -0.05) is 37.0 Å². The molecule has 0 saturated carbocycles. The quantitative estimate of drug-likeness (QED) is 0.633. The van der Waals surface area contributed by atoms with Crippen molar-refractivity contribution in [3.8, 4) is 0 Å². The van der Waals surface area contributed by atoms with Gasteiger partial charge in [0.05, 0.1) is 5.71 Å². The Morgan fingerprint density at radius 3 is 2.43 bits per heavy atom. The van der Waals surface area contributed by atoms with Gasteiger partial charge < -0.3 is 15.5 Å². The lowest BCUT2D eigenvalue weighted by molar-refractivity contribution is 0.0993. The van der Waals surface area contributed by atoms with Crippen molar-refractivity contribution in [3.05, 3.63) is 50.9 Å². The first-order chi connectivity index (χ1) is 13.1. The van der Waals surface area contributed by atoms with Crippen LogP contribution in [0.5, 0.6) is 0 Å². The highest BCUT2D eigenvalue weighted by molar-refractivity contribution is 6.35. The van der Waals surface area contributed by atoms with E-state index in [1.807, 2.05) is 0 Å². The van der Waals surface area contributed by atoms with E-state index in [4.69, 9.17) is 33.4 Å². The van der Waals surface area contributed by atoms with Gasteiger partial charge >= 0.3 is 6.03 Å². The summed E-state index contributed by atoms with van der Waals surface area (Å²) in [6.45, 7) is 5.89. The van der Waals surface area contributed by atoms with Crippen molar-refractivity contribution in [2.24, 2.45) is 16.3 Å². The Hall–Kier alpha value is -2.51. The van der Waals surface area contributed by atoms with Crippen LogP contribution in [0.25, 0.3) is 0 Å². The molecule has 1 aliphatic carbocycles. The number of nitrogens with one attached hydrogen (secondary N) is 2. The first kappa shape index (κ1) is 20.2. The van der Waals surface area contributed by atoms with Gasteiger partial charge in [0.1, 0.15) is 5.76 Å².